The Bertz CT molecular complexity index is 589. The average molecular weight is 297 g/mol. The number of halogens is 2. The first kappa shape index (κ1) is 14.9. The summed E-state index contributed by atoms with van der Waals surface area (Å²) in [5, 5.41) is 7.98. The highest BCUT2D eigenvalue weighted by molar-refractivity contribution is 6.30. The third kappa shape index (κ3) is 4.02. The molecule has 0 spiro atoms. The zero-order chi connectivity index (χ0) is 14.8. The predicted octanol–water partition coefficient (Wildman–Crippen LogP) is 3.01. The van der Waals surface area contributed by atoms with E-state index in [2.05, 4.69) is 36.2 Å². The lowest BCUT2D eigenvalue weighted by molar-refractivity contribution is 0.409. The summed E-state index contributed by atoms with van der Waals surface area (Å²) in [6, 6.07) is 4.50. The van der Waals surface area contributed by atoms with E-state index in [9.17, 15) is 4.39 Å². The van der Waals surface area contributed by atoms with Crippen molar-refractivity contribution in [2.45, 2.75) is 39.4 Å². The van der Waals surface area contributed by atoms with E-state index in [-0.39, 0.29) is 11.4 Å². The Morgan fingerprint density at radius 3 is 2.80 bits per heavy atom. The van der Waals surface area contributed by atoms with Crippen molar-refractivity contribution in [3.8, 4) is 0 Å². The lowest BCUT2D eigenvalue weighted by Crippen LogP contribution is -2.36. The van der Waals surface area contributed by atoms with Gasteiger partial charge in [-0.3, -0.25) is 0 Å². The standard InChI is InChI=1S/C14H18ClFN4/c1-14(2,3)18-7-13-17-9-19-20(13)8-10-6-11(15)4-5-12(10)16/h4-6,9,18H,7-8H2,1-3H3. The van der Waals surface area contributed by atoms with Crippen molar-refractivity contribution in [2.75, 3.05) is 0 Å². The average Bonchev–Trinajstić information content (AvgIpc) is 2.78. The largest absolute Gasteiger partial charge is 0.305 e. The molecule has 0 fully saturated rings. The van der Waals surface area contributed by atoms with Gasteiger partial charge in [-0.2, -0.15) is 5.10 Å². The number of aromatic nitrogens is 3. The van der Waals surface area contributed by atoms with Crippen molar-refractivity contribution in [1.29, 1.82) is 0 Å². The van der Waals surface area contributed by atoms with Crippen LogP contribution in [0.4, 0.5) is 4.39 Å². The van der Waals surface area contributed by atoms with Gasteiger partial charge >= 0.3 is 0 Å². The minimum atomic E-state index is -0.292. The van der Waals surface area contributed by atoms with Crippen LogP contribution in [-0.4, -0.2) is 20.3 Å². The molecule has 0 saturated carbocycles. The molecule has 4 nitrogen and oxygen atoms in total. The van der Waals surface area contributed by atoms with Crippen LogP contribution in [0.3, 0.4) is 0 Å². The number of nitrogens with one attached hydrogen (secondary N) is 1. The maximum Gasteiger partial charge on any atom is 0.141 e. The van der Waals surface area contributed by atoms with Crippen LogP contribution in [0.15, 0.2) is 24.5 Å². The molecular formula is C14H18ClFN4. The third-order valence-corrected chi connectivity index (χ3v) is 3.04. The van der Waals surface area contributed by atoms with Gasteiger partial charge in [0.25, 0.3) is 0 Å². The fraction of sp³-hybridized carbons (Fsp3) is 0.429. The Morgan fingerprint density at radius 2 is 2.10 bits per heavy atom. The molecule has 1 aromatic heterocycles. The van der Waals surface area contributed by atoms with Gasteiger partial charge in [-0.25, -0.2) is 14.1 Å². The van der Waals surface area contributed by atoms with Crippen molar-refractivity contribution in [3.63, 3.8) is 0 Å². The van der Waals surface area contributed by atoms with Gasteiger partial charge in [0.15, 0.2) is 0 Å². The summed E-state index contributed by atoms with van der Waals surface area (Å²) in [5.41, 5.74) is 0.484. The topological polar surface area (TPSA) is 42.7 Å². The van der Waals surface area contributed by atoms with Gasteiger partial charge in [0.2, 0.25) is 0 Å². The van der Waals surface area contributed by atoms with E-state index in [4.69, 9.17) is 11.6 Å². The second kappa shape index (κ2) is 5.89. The van der Waals surface area contributed by atoms with Crippen LogP contribution in [0.5, 0.6) is 0 Å². The van der Waals surface area contributed by atoms with Gasteiger partial charge < -0.3 is 5.32 Å². The molecule has 0 aliphatic rings. The molecule has 2 aromatic rings. The highest BCUT2D eigenvalue weighted by Gasteiger charge is 2.13. The maximum absolute atomic E-state index is 13.7. The van der Waals surface area contributed by atoms with Crippen LogP contribution < -0.4 is 5.32 Å². The van der Waals surface area contributed by atoms with Gasteiger partial charge in [0, 0.05) is 16.1 Å². The molecule has 0 aliphatic heterocycles. The zero-order valence-corrected chi connectivity index (χ0v) is 12.6. The van der Waals surface area contributed by atoms with E-state index in [1.807, 2.05) is 0 Å². The summed E-state index contributed by atoms with van der Waals surface area (Å²) in [5.74, 6) is 0.471. The SMILES string of the molecule is CC(C)(C)NCc1ncnn1Cc1cc(Cl)ccc1F. The molecule has 0 bridgehead atoms. The molecule has 0 amide bonds. The summed E-state index contributed by atoms with van der Waals surface area (Å²) in [7, 11) is 0. The molecule has 1 aromatic carbocycles. The fourth-order valence-corrected chi connectivity index (χ4v) is 1.92. The summed E-state index contributed by atoms with van der Waals surface area (Å²) in [6.07, 6.45) is 1.47. The second-order valence-electron chi connectivity index (χ2n) is 5.67. The van der Waals surface area contributed by atoms with Crippen LogP contribution in [0.25, 0.3) is 0 Å². The number of benzene rings is 1. The minimum absolute atomic E-state index is 0.0158. The lowest BCUT2D eigenvalue weighted by atomic mass is 10.1. The predicted molar refractivity (Wildman–Crippen MR) is 77.1 cm³/mol. The highest BCUT2D eigenvalue weighted by atomic mass is 35.5. The first-order chi connectivity index (χ1) is 9.35. The molecule has 0 saturated heterocycles. The van der Waals surface area contributed by atoms with Gasteiger partial charge in [-0.1, -0.05) is 11.6 Å². The summed E-state index contributed by atoms with van der Waals surface area (Å²) in [4.78, 5) is 4.20. The van der Waals surface area contributed by atoms with E-state index in [1.54, 1.807) is 10.7 Å². The Morgan fingerprint density at radius 1 is 1.35 bits per heavy atom. The van der Waals surface area contributed by atoms with E-state index in [1.165, 1.54) is 18.5 Å². The molecule has 0 unspecified atom stereocenters. The van der Waals surface area contributed by atoms with E-state index in [0.29, 0.717) is 23.7 Å². The van der Waals surface area contributed by atoms with E-state index >= 15 is 0 Å². The first-order valence-electron chi connectivity index (χ1n) is 6.41. The van der Waals surface area contributed by atoms with Crippen molar-refractivity contribution in [3.05, 3.63) is 46.8 Å². The molecule has 0 aliphatic carbocycles. The smallest absolute Gasteiger partial charge is 0.141 e. The minimum Gasteiger partial charge on any atom is -0.305 e. The quantitative estimate of drug-likeness (QED) is 0.943. The molecule has 0 radical (unpaired) electrons. The van der Waals surface area contributed by atoms with Crippen molar-refractivity contribution in [1.82, 2.24) is 20.1 Å². The van der Waals surface area contributed by atoms with Crippen molar-refractivity contribution in [2.24, 2.45) is 0 Å². The Labute approximate surface area is 123 Å². The van der Waals surface area contributed by atoms with Gasteiger partial charge in [-0.05, 0) is 39.0 Å². The van der Waals surface area contributed by atoms with Crippen molar-refractivity contribution < 1.29 is 4.39 Å². The van der Waals surface area contributed by atoms with Crippen LogP contribution >= 0.6 is 11.6 Å². The van der Waals surface area contributed by atoms with Crippen LogP contribution in [0, 0.1) is 5.82 Å². The summed E-state index contributed by atoms with van der Waals surface area (Å²) in [6.45, 7) is 7.11. The summed E-state index contributed by atoms with van der Waals surface area (Å²) < 4.78 is 15.4. The maximum atomic E-state index is 13.7. The van der Waals surface area contributed by atoms with E-state index < -0.39 is 0 Å². The molecule has 6 heteroatoms. The van der Waals surface area contributed by atoms with E-state index in [0.717, 1.165) is 5.82 Å². The van der Waals surface area contributed by atoms with Crippen molar-refractivity contribution >= 4 is 11.6 Å². The fourth-order valence-electron chi connectivity index (χ4n) is 1.73. The number of nitrogens with zero attached hydrogens (tertiary/aromatic N) is 3. The third-order valence-electron chi connectivity index (χ3n) is 2.80. The van der Waals surface area contributed by atoms with Crippen LogP contribution in [0.1, 0.15) is 32.2 Å². The monoisotopic (exact) mass is 296 g/mol. The summed E-state index contributed by atoms with van der Waals surface area (Å²) >= 11 is 5.89. The number of hydrogen-bond acceptors (Lipinski definition) is 3. The van der Waals surface area contributed by atoms with Crippen LogP contribution in [-0.2, 0) is 13.1 Å². The molecule has 108 valence electrons. The molecule has 2 rings (SSSR count). The molecule has 1 heterocycles. The van der Waals surface area contributed by atoms with Gasteiger partial charge in [0.1, 0.15) is 18.0 Å². The van der Waals surface area contributed by atoms with Gasteiger partial charge in [-0.15, -0.1) is 0 Å². The lowest BCUT2D eigenvalue weighted by Gasteiger charge is -2.20. The number of rotatable bonds is 4. The number of hydrogen-bond donors (Lipinski definition) is 1. The Kier molecular flexibility index (Phi) is 4.40. The first-order valence-corrected chi connectivity index (χ1v) is 6.78. The molecule has 1 N–H and O–H groups in total. The molecule has 0 atom stereocenters. The highest BCUT2D eigenvalue weighted by Crippen LogP contribution is 2.16. The molecule has 20 heavy (non-hydrogen) atoms. The zero-order valence-electron chi connectivity index (χ0n) is 11.8. The Hall–Kier alpha value is -1.46. The molecular weight excluding hydrogens is 279 g/mol. The van der Waals surface area contributed by atoms with Gasteiger partial charge in [0.05, 0.1) is 13.1 Å². The Balaban J connectivity index is 2.14. The second-order valence-corrected chi connectivity index (χ2v) is 6.11. The normalized spacial score (nSPS) is 11.8. The van der Waals surface area contributed by atoms with Crippen LogP contribution in [0.2, 0.25) is 5.02 Å².